The number of esters is 1. The number of likely N-dealkylation sites (tertiary alicyclic amines) is 1. The molecule has 1 heterocycles. The highest BCUT2D eigenvalue weighted by Crippen LogP contribution is 2.39. The zero-order valence-electron chi connectivity index (χ0n) is 24.2. The van der Waals surface area contributed by atoms with E-state index in [1.54, 1.807) is 26.0 Å². The van der Waals surface area contributed by atoms with Crippen LogP contribution in [0.5, 0.6) is 0 Å². The van der Waals surface area contributed by atoms with Gasteiger partial charge < -0.3 is 24.6 Å². The summed E-state index contributed by atoms with van der Waals surface area (Å²) in [6, 6.07) is 27.6. The molecular formula is C33H35BrN2O7. The molecule has 43 heavy (non-hydrogen) atoms. The van der Waals surface area contributed by atoms with Crippen LogP contribution in [0.2, 0.25) is 0 Å². The molecule has 1 saturated heterocycles. The van der Waals surface area contributed by atoms with E-state index in [9.17, 15) is 19.5 Å². The predicted octanol–water partition coefficient (Wildman–Crippen LogP) is 4.26. The van der Waals surface area contributed by atoms with Crippen LogP contribution < -0.4 is 5.32 Å². The predicted molar refractivity (Wildman–Crippen MR) is 164 cm³/mol. The summed E-state index contributed by atoms with van der Waals surface area (Å²) in [7, 11) is 1.27. The van der Waals surface area contributed by atoms with E-state index in [2.05, 4.69) is 21.2 Å². The lowest BCUT2D eigenvalue weighted by atomic mass is 9.95. The van der Waals surface area contributed by atoms with Crippen molar-refractivity contribution >= 4 is 33.7 Å². The summed E-state index contributed by atoms with van der Waals surface area (Å²) in [4.78, 5) is 42.0. The number of methoxy groups -OCH3 is 1. The fourth-order valence-corrected chi connectivity index (χ4v) is 5.03. The highest BCUT2D eigenvalue weighted by molar-refractivity contribution is 9.09. The number of nitrogens with zero attached hydrogens (tertiary/aromatic N) is 1. The standard InChI is InChI=1S/C33H35BrN2O7/c1-22(2)28(30(39)43-29(24-15-9-5-10-16-24)25-17-11-6-12-18-25)36-31(40)33(41-3,32(36)42-21-26(37)20-34)35-27(38)19-23-13-7-4-8-14-23/h4-18,26,29,32,37H,19-21H2,1-3H3,(H,35,38). The molecular weight excluding hydrogens is 616 g/mol. The Kier molecular flexibility index (Phi) is 10.9. The molecule has 1 aliphatic rings. The zero-order valence-corrected chi connectivity index (χ0v) is 25.8. The van der Waals surface area contributed by atoms with Gasteiger partial charge in [0.25, 0.3) is 11.6 Å². The highest BCUT2D eigenvalue weighted by Gasteiger charge is 2.66. The van der Waals surface area contributed by atoms with E-state index in [0.717, 1.165) is 21.6 Å². The molecule has 1 aliphatic heterocycles. The Morgan fingerprint density at radius 2 is 1.49 bits per heavy atom. The average molecular weight is 652 g/mol. The minimum atomic E-state index is -1.93. The van der Waals surface area contributed by atoms with Gasteiger partial charge in [-0.05, 0) is 36.1 Å². The van der Waals surface area contributed by atoms with Gasteiger partial charge >= 0.3 is 5.97 Å². The van der Waals surface area contributed by atoms with Crippen LogP contribution in [0.3, 0.4) is 0 Å². The second-order valence-electron chi connectivity index (χ2n) is 10.3. The molecule has 3 atom stereocenters. The van der Waals surface area contributed by atoms with Crippen molar-refractivity contribution in [2.45, 2.75) is 44.4 Å². The summed E-state index contributed by atoms with van der Waals surface area (Å²) in [6.45, 7) is 3.14. The van der Waals surface area contributed by atoms with E-state index in [1.165, 1.54) is 7.11 Å². The van der Waals surface area contributed by atoms with Crippen LogP contribution in [0, 0.1) is 0 Å². The maximum Gasteiger partial charge on any atom is 0.356 e. The molecule has 2 amide bonds. The van der Waals surface area contributed by atoms with Crippen molar-refractivity contribution in [2.24, 2.45) is 0 Å². The summed E-state index contributed by atoms with van der Waals surface area (Å²) in [5.74, 6) is -1.95. The van der Waals surface area contributed by atoms with Crippen LogP contribution in [0.25, 0.3) is 0 Å². The van der Waals surface area contributed by atoms with Crippen molar-refractivity contribution in [3.8, 4) is 0 Å². The van der Waals surface area contributed by atoms with Crippen LogP contribution in [0.4, 0.5) is 0 Å². The Hall–Kier alpha value is -3.83. The maximum atomic E-state index is 13.9. The van der Waals surface area contributed by atoms with Crippen molar-refractivity contribution in [3.05, 3.63) is 119 Å². The first-order chi connectivity index (χ1) is 20.7. The van der Waals surface area contributed by atoms with E-state index >= 15 is 0 Å². The molecule has 9 nitrogen and oxygen atoms in total. The van der Waals surface area contributed by atoms with Gasteiger partial charge in [-0.3, -0.25) is 14.5 Å². The van der Waals surface area contributed by atoms with Crippen molar-refractivity contribution in [1.29, 1.82) is 0 Å². The number of nitrogens with one attached hydrogen (secondary N) is 1. The SMILES string of the molecule is COC1(NC(=O)Cc2ccccc2)C(=O)N(C(C(=O)OC(c2ccccc2)c2ccccc2)=C(C)C)C1OCC(O)CBr. The molecule has 0 aliphatic carbocycles. The van der Waals surface area contributed by atoms with Crippen molar-refractivity contribution in [1.82, 2.24) is 10.2 Å². The van der Waals surface area contributed by atoms with Gasteiger partial charge in [0.15, 0.2) is 12.3 Å². The van der Waals surface area contributed by atoms with Gasteiger partial charge in [0, 0.05) is 12.4 Å². The fraction of sp³-hybridized carbons (Fsp3) is 0.303. The van der Waals surface area contributed by atoms with Crippen LogP contribution in [0.1, 0.15) is 36.6 Å². The van der Waals surface area contributed by atoms with Gasteiger partial charge in [0.2, 0.25) is 5.91 Å². The van der Waals surface area contributed by atoms with E-state index < -0.39 is 41.9 Å². The first kappa shape index (κ1) is 32.1. The minimum Gasteiger partial charge on any atom is -0.448 e. The van der Waals surface area contributed by atoms with Crippen molar-refractivity contribution in [3.63, 3.8) is 0 Å². The first-order valence-electron chi connectivity index (χ1n) is 13.8. The number of hydrogen-bond acceptors (Lipinski definition) is 7. The summed E-state index contributed by atoms with van der Waals surface area (Å²) in [5.41, 5.74) is 0.731. The number of benzene rings is 3. The van der Waals surface area contributed by atoms with Crippen LogP contribution in [0.15, 0.2) is 102 Å². The van der Waals surface area contributed by atoms with Gasteiger partial charge in [0.05, 0.1) is 19.1 Å². The summed E-state index contributed by atoms with van der Waals surface area (Å²) < 4.78 is 17.7. The average Bonchev–Trinajstić information content (AvgIpc) is 3.02. The molecule has 10 heteroatoms. The minimum absolute atomic E-state index is 0.0106. The molecule has 0 bridgehead atoms. The van der Waals surface area contributed by atoms with Gasteiger partial charge in [-0.2, -0.15) is 0 Å². The van der Waals surface area contributed by atoms with Gasteiger partial charge in [0.1, 0.15) is 5.70 Å². The Morgan fingerprint density at radius 1 is 0.953 bits per heavy atom. The number of allylic oxidation sites excluding steroid dienone is 1. The van der Waals surface area contributed by atoms with E-state index in [4.69, 9.17) is 14.2 Å². The topological polar surface area (TPSA) is 114 Å². The quantitative estimate of drug-likeness (QED) is 0.0934. The molecule has 0 saturated carbocycles. The number of ether oxygens (including phenoxy) is 3. The number of aliphatic hydroxyl groups excluding tert-OH is 1. The maximum absolute atomic E-state index is 13.9. The Bertz CT molecular complexity index is 1390. The number of β-lactam (4-membered cyclic amide) rings is 1. The number of alkyl halides is 1. The second kappa shape index (κ2) is 14.6. The van der Waals surface area contributed by atoms with Gasteiger partial charge in [-0.15, -0.1) is 0 Å². The summed E-state index contributed by atoms with van der Waals surface area (Å²) >= 11 is 3.21. The first-order valence-corrected chi connectivity index (χ1v) is 14.9. The fourth-order valence-electron chi connectivity index (χ4n) is 4.84. The third-order valence-corrected chi connectivity index (χ3v) is 7.68. The second-order valence-corrected chi connectivity index (χ2v) is 10.9. The van der Waals surface area contributed by atoms with Crippen LogP contribution in [-0.2, 0) is 35.0 Å². The normalized spacial score (nSPS) is 18.5. The third kappa shape index (κ3) is 7.22. The zero-order chi connectivity index (χ0) is 31.0. The Balaban J connectivity index is 1.65. The van der Waals surface area contributed by atoms with Crippen molar-refractivity contribution < 1.29 is 33.7 Å². The molecule has 1 fully saturated rings. The Labute approximate surface area is 259 Å². The largest absolute Gasteiger partial charge is 0.448 e. The number of aliphatic hydroxyl groups is 1. The molecule has 3 aromatic rings. The lowest BCUT2D eigenvalue weighted by Gasteiger charge is -2.54. The monoisotopic (exact) mass is 650 g/mol. The van der Waals surface area contributed by atoms with Gasteiger partial charge in [-0.1, -0.05) is 107 Å². The molecule has 4 rings (SSSR count). The summed E-state index contributed by atoms with van der Waals surface area (Å²) in [6.07, 6.45) is -2.96. The molecule has 0 aromatic heterocycles. The lowest BCUT2D eigenvalue weighted by Crippen LogP contribution is -2.82. The number of halogens is 1. The van der Waals surface area contributed by atoms with Crippen LogP contribution >= 0.6 is 15.9 Å². The van der Waals surface area contributed by atoms with Crippen LogP contribution in [-0.4, -0.2) is 64.9 Å². The number of carbonyl (C=O) groups excluding carboxylic acids is 3. The third-order valence-electron chi connectivity index (χ3n) is 6.94. The molecule has 3 aromatic carbocycles. The molecule has 3 unspecified atom stereocenters. The number of amides is 2. The number of hydrogen-bond donors (Lipinski definition) is 2. The van der Waals surface area contributed by atoms with E-state index in [0.29, 0.717) is 5.57 Å². The lowest BCUT2D eigenvalue weighted by molar-refractivity contribution is -0.258. The highest BCUT2D eigenvalue weighted by atomic mass is 79.9. The molecule has 0 radical (unpaired) electrons. The van der Waals surface area contributed by atoms with E-state index in [-0.39, 0.29) is 24.1 Å². The number of rotatable bonds is 13. The molecule has 2 N–H and O–H groups in total. The van der Waals surface area contributed by atoms with Gasteiger partial charge in [-0.25, -0.2) is 4.79 Å². The number of carbonyl (C=O) groups is 3. The van der Waals surface area contributed by atoms with E-state index in [1.807, 2.05) is 78.9 Å². The Morgan fingerprint density at radius 3 is 1.98 bits per heavy atom. The van der Waals surface area contributed by atoms with Crippen molar-refractivity contribution in [2.75, 3.05) is 19.0 Å². The molecule has 0 spiro atoms. The smallest absolute Gasteiger partial charge is 0.356 e. The summed E-state index contributed by atoms with van der Waals surface area (Å²) in [5, 5.41) is 13.1. The molecule has 226 valence electrons.